The van der Waals surface area contributed by atoms with Crippen molar-refractivity contribution < 1.29 is 5.11 Å². The highest BCUT2D eigenvalue weighted by atomic mass is 16.5. The molecule has 0 bridgehead atoms. The molecule has 0 spiro atoms. The molecule has 1 atom stereocenters. The fourth-order valence-corrected chi connectivity index (χ4v) is 1.31. The molecule has 1 unspecified atom stereocenters. The van der Waals surface area contributed by atoms with Gasteiger partial charge >= 0.3 is 0 Å². The predicted molar refractivity (Wildman–Crippen MR) is 42.5 cm³/mol. The molecule has 4 nitrogen and oxygen atoms in total. The molecule has 0 amide bonds. The van der Waals surface area contributed by atoms with Crippen LogP contribution in [-0.4, -0.2) is 40.9 Å². The lowest BCUT2D eigenvalue weighted by molar-refractivity contribution is -0.0464. The van der Waals surface area contributed by atoms with E-state index in [4.69, 9.17) is 0 Å². The molecule has 1 fully saturated rings. The first-order chi connectivity index (χ1) is 5.08. The van der Waals surface area contributed by atoms with E-state index >= 15 is 0 Å². The number of nitrogens with zero attached hydrogens (tertiary/aromatic N) is 2. The lowest BCUT2D eigenvalue weighted by Crippen LogP contribution is -2.44. The fraction of sp³-hybridized carbons (Fsp3) is 0.714. The van der Waals surface area contributed by atoms with Crippen LogP contribution in [-0.2, 0) is 0 Å². The zero-order valence-corrected chi connectivity index (χ0v) is 6.66. The summed E-state index contributed by atoms with van der Waals surface area (Å²) in [6.07, 6.45) is 1.60. The van der Waals surface area contributed by atoms with Gasteiger partial charge in [-0.1, -0.05) is 6.58 Å². The predicted octanol–water partition coefficient (Wildman–Crippen LogP) is -0.0462. The Morgan fingerprint density at radius 1 is 1.82 bits per heavy atom. The lowest BCUT2D eigenvalue weighted by atomic mass is 10.2. The Balaban J connectivity index is 2.60. The van der Waals surface area contributed by atoms with Crippen molar-refractivity contribution in [3.8, 4) is 0 Å². The quantitative estimate of drug-likeness (QED) is 0.451. The number of hydroxylamine groups is 2. The van der Waals surface area contributed by atoms with Gasteiger partial charge < -0.3 is 20.3 Å². The van der Waals surface area contributed by atoms with Crippen LogP contribution in [0.3, 0.4) is 0 Å². The van der Waals surface area contributed by atoms with Gasteiger partial charge in [0.05, 0.1) is 0 Å². The molecule has 0 aliphatic carbocycles. The summed E-state index contributed by atoms with van der Waals surface area (Å²) in [6, 6.07) is 0. The maximum atomic E-state index is 11.0. The molecule has 4 heteroatoms. The zero-order chi connectivity index (χ0) is 8.48. The minimum absolute atomic E-state index is 0.391. The van der Waals surface area contributed by atoms with Gasteiger partial charge in [0.1, 0.15) is 5.72 Å². The molecule has 0 radical (unpaired) electrons. The maximum absolute atomic E-state index is 11.0. The van der Waals surface area contributed by atoms with Crippen LogP contribution >= 0.6 is 0 Å². The van der Waals surface area contributed by atoms with Gasteiger partial charge in [0.15, 0.2) is 0 Å². The minimum Gasteiger partial charge on any atom is -0.757 e. The van der Waals surface area contributed by atoms with Crippen molar-refractivity contribution in [2.75, 3.05) is 20.1 Å². The number of likely N-dealkylation sites (N-methyl/N-ethyl adjacent to an activating group) is 1. The topological polar surface area (TPSA) is 49.8 Å². The summed E-state index contributed by atoms with van der Waals surface area (Å²) in [5.41, 5.74) is -1.24. The van der Waals surface area contributed by atoms with E-state index in [2.05, 4.69) is 6.58 Å². The van der Waals surface area contributed by atoms with Gasteiger partial charge in [-0.3, -0.25) is 0 Å². The van der Waals surface area contributed by atoms with Crippen LogP contribution in [0.4, 0.5) is 0 Å². The summed E-state index contributed by atoms with van der Waals surface area (Å²) < 4.78 is 0. The molecule has 64 valence electrons. The van der Waals surface area contributed by atoms with Crippen molar-refractivity contribution >= 4 is 0 Å². The van der Waals surface area contributed by atoms with Crippen LogP contribution in [0.1, 0.15) is 6.42 Å². The smallest absolute Gasteiger partial charge is 0.141 e. The Bertz CT molecular complexity index is 163. The molecule has 1 aliphatic heterocycles. The highest BCUT2D eigenvalue weighted by Gasteiger charge is 2.34. The standard InChI is InChI=1S/C7H13N2O2/c1-3-9(11)7(10)4-5-8(2)6-7/h3,10H,1,4-6H2,2H3/q-1. The number of likely N-dealkylation sites (tertiary alicyclic amines) is 1. The Hall–Kier alpha value is -0.580. The molecule has 1 rings (SSSR count). The van der Waals surface area contributed by atoms with Gasteiger partial charge in [0, 0.05) is 19.5 Å². The molecule has 1 saturated heterocycles. The summed E-state index contributed by atoms with van der Waals surface area (Å²) in [5, 5.41) is 21.2. The molecule has 11 heavy (non-hydrogen) atoms. The van der Waals surface area contributed by atoms with Crippen molar-refractivity contribution in [1.29, 1.82) is 0 Å². The third kappa shape index (κ3) is 1.53. The molecule has 1 aliphatic rings. The normalized spacial score (nSPS) is 32.3. The second-order valence-electron chi connectivity index (χ2n) is 2.98. The van der Waals surface area contributed by atoms with E-state index in [0.717, 1.165) is 12.7 Å². The highest BCUT2D eigenvalue weighted by molar-refractivity contribution is 4.93. The molecule has 0 aromatic rings. The molecule has 0 aromatic heterocycles. The Morgan fingerprint density at radius 2 is 2.45 bits per heavy atom. The van der Waals surface area contributed by atoms with Crippen molar-refractivity contribution in [3.63, 3.8) is 0 Å². The average Bonchev–Trinajstić information content (AvgIpc) is 2.31. The van der Waals surface area contributed by atoms with Gasteiger partial charge in [0.25, 0.3) is 0 Å². The van der Waals surface area contributed by atoms with E-state index in [1.165, 1.54) is 0 Å². The largest absolute Gasteiger partial charge is 0.757 e. The van der Waals surface area contributed by atoms with E-state index in [-0.39, 0.29) is 0 Å². The summed E-state index contributed by atoms with van der Waals surface area (Å²) in [6.45, 7) is 4.45. The van der Waals surface area contributed by atoms with E-state index < -0.39 is 5.72 Å². The summed E-state index contributed by atoms with van der Waals surface area (Å²) in [5.74, 6) is 0. The lowest BCUT2D eigenvalue weighted by Gasteiger charge is -2.40. The summed E-state index contributed by atoms with van der Waals surface area (Å²) in [4.78, 5) is 1.91. The van der Waals surface area contributed by atoms with E-state index in [1.807, 2.05) is 11.9 Å². The van der Waals surface area contributed by atoms with E-state index in [9.17, 15) is 10.3 Å². The first kappa shape index (κ1) is 8.52. The van der Waals surface area contributed by atoms with E-state index in [0.29, 0.717) is 18.0 Å². The van der Waals surface area contributed by atoms with Gasteiger partial charge in [-0.2, -0.15) is 0 Å². The van der Waals surface area contributed by atoms with Crippen molar-refractivity contribution in [2.24, 2.45) is 0 Å². The zero-order valence-electron chi connectivity index (χ0n) is 6.66. The summed E-state index contributed by atoms with van der Waals surface area (Å²) >= 11 is 0. The second-order valence-corrected chi connectivity index (χ2v) is 2.98. The third-order valence-corrected chi connectivity index (χ3v) is 1.99. The maximum Gasteiger partial charge on any atom is 0.141 e. The first-order valence-corrected chi connectivity index (χ1v) is 3.58. The number of hydrogen-bond donors (Lipinski definition) is 1. The van der Waals surface area contributed by atoms with Crippen LogP contribution in [0.15, 0.2) is 12.8 Å². The van der Waals surface area contributed by atoms with Crippen molar-refractivity contribution in [3.05, 3.63) is 18.0 Å². The number of rotatable bonds is 2. The van der Waals surface area contributed by atoms with Crippen LogP contribution in [0.5, 0.6) is 0 Å². The highest BCUT2D eigenvalue weighted by Crippen LogP contribution is 2.23. The van der Waals surface area contributed by atoms with Crippen LogP contribution in [0.2, 0.25) is 0 Å². The van der Waals surface area contributed by atoms with Gasteiger partial charge in [-0.05, 0) is 13.2 Å². The third-order valence-electron chi connectivity index (χ3n) is 1.99. The summed E-state index contributed by atoms with van der Waals surface area (Å²) in [7, 11) is 1.87. The molecular formula is C7H13N2O2-. The Morgan fingerprint density at radius 3 is 2.82 bits per heavy atom. The monoisotopic (exact) mass is 157 g/mol. The fourth-order valence-electron chi connectivity index (χ4n) is 1.31. The minimum atomic E-state index is -1.24. The molecule has 1 N–H and O–H groups in total. The molecule has 1 heterocycles. The van der Waals surface area contributed by atoms with Gasteiger partial charge in [-0.25, -0.2) is 0 Å². The number of β-amino-alcohol motifs (C(OH)–C–C–N with tert-alkyl or cyclic N) is 1. The van der Waals surface area contributed by atoms with Crippen molar-refractivity contribution in [2.45, 2.75) is 12.1 Å². The molecule has 0 aromatic carbocycles. The Labute approximate surface area is 66.3 Å². The Kier molecular flexibility index (Phi) is 2.17. The number of aliphatic hydroxyl groups is 1. The number of hydrogen-bond acceptors (Lipinski definition) is 4. The average molecular weight is 157 g/mol. The van der Waals surface area contributed by atoms with Gasteiger partial charge in [-0.15, -0.1) is 0 Å². The molecule has 0 saturated carbocycles. The van der Waals surface area contributed by atoms with Crippen LogP contribution < -0.4 is 0 Å². The van der Waals surface area contributed by atoms with Crippen molar-refractivity contribution in [1.82, 2.24) is 9.96 Å². The first-order valence-electron chi connectivity index (χ1n) is 3.58. The SMILES string of the molecule is C=CN([O-])C1(O)CCN(C)C1. The van der Waals surface area contributed by atoms with Crippen LogP contribution in [0.25, 0.3) is 0 Å². The van der Waals surface area contributed by atoms with E-state index in [1.54, 1.807) is 0 Å². The van der Waals surface area contributed by atoms with Gasteiger partial charge in [0.2, 0.25) is 0 Å². The molecular weight excluding hydrogens is 144 g/mol. The second kappa shape index (κ2) is 2.81. The van der Waals surface area contributed by atoms with Crippen LogP contribution in [0, 0.1) is 5.21 Å².